The smallest absolute Gasteiger partial charge is 0.240 e. The van der Waals surface area contributed by atoms with E-state index in [2.05, 4.69) is 15.2 Å². The van der Waals surface area contributed by atoms with Crippen LogP contribution in [0.2, 0.25) is 0 Å². The summed E-state index contributed by atoms with van der Waals surface area (Å²) >= 11 is 0. The van der Waals surface area contributed by atoms with Crippen LogP contribution < -0.4 is 5.73 Å². The van der Waals surface area contributed by atoms with Gasteiger partial charge in [0.05, 0.1) is 18.0 Å². The third-order valence-electron chi connectivity index (χ3n) is 1.74. The normalized spacial score (nSPS) is 15.1. The lowest BCUT2D eigenvalue weighted by Gasteiger charge is -2.15. The van der Waals surface area contributed by atoms with Gasteiger partial charge in [0.2, 0.25) is 5.95 Å². The molecule has 78 valence electrons. The first-order valence-electron chi connectivity index (χ1n) is 4.00. The Hall–Kier alpha value is -1.31. The summed E-state index contributed by atoms with van der Waals surface area (Å²) in [6.45, 7) is 1.01. The molecule has 1 aromatic heterocycles. The maximum Gasteiger partial charge on any atom is 0.240 e. The molecule has 0 aliphatic rings. The summed E-state index contributed by atoms with van der Waals surface area (Å²) in [6.07, 6.45) is -2.61. The van der Waals surface area contributed by atoms with Crippen molar-refractivity contribution in [1.82, 2.24) is 15.2 Å². The molecule has 1 aromatic rings. The molecule has 5 N–H and O–H groups in total. The van der Waals surface area contributed by atoms with Gasteiger partial charge in [0.1, 0.15) is 12.2 Å². The number of rotatable bonds is 3. The topological polar surface area (TPSA) is 125 Å². The molecule has 2 unspecified atom stereocenters. The van der Waals surface area contributed by atoms with Gasteiger partial charge in [0.25, 0.3) is 0 Å². The number of aryl methyl sites for hydroxylation is 1. The van der Waals surface area contributed by atoms with E-state index in [4.69, 9.17) is 15.9 Å². The molecule has 0 aromatic carbocycles. The summed E-state index contributed by atoms with van der Waals surface area (Å²) in [4.78, 5) is 3.72. The zero-order valence-corrected chi connectivity index (χ0v) is 7.62. The molecular formula is C7H12N4O3. The van der Waals surface area contributed by atoms with Crippen LogP contribution in [-0.2, 0) is 0 Å². The van der Waals surface area contributed by atoms with Crippen LogP contribution in [0, 0.1) is 6.92 Å². The number of hydrogen-bond donors (Lipinski definition) is 4. The van der Waals surface area contributed by atoms with Gasteiger partial charge in [-0.05, 0) is 6.92 Å². The van der Waals surface area contributed by atoms with E-state index in [1.807, 2.05) is 0 Å². The Morgan fingerprint density at radius 2 is 2.00 bits per heavy atom. The molecule has 0 aliphatic carbocycles. The molecule has 0 fully saturated rings. The molecule has 0 bridgehead atoms. The van der Waals surface area contributed by atoms with E-state index in [9.17, 15) is 5.11 Å². The number of anilines is 1. The molecule has 0 spiro atoms. The number of nitrogen functional groups attached to an aromatic ring is 1. The predicted molar refractivity (Wildman–Crippen MR) is 47.0 cm³/mol. The molecule has 2 atom stereocenters. The van der Waals surface area contributed by atoms with Crippen LogP contribution in [0.4, 0.5) is 5.95 Å². The van der Waals surface area contributed by atoms with Crippen LogP contribution in [0.5, 0.6) is 0 Å². The molecule has 0 saturated heterocycles. The summed E-state index contributed by atoms with van der Waals surface area (Å²) < 4.78 is 0. The van der Waals surface area contributed by atoms with Gasteiger partial charge in [-0.1, -0.05) is 0 Å². The highest BCUT2D eigenvalue weighted by Gasteiger charge is 2.21. The molecule has 14 heavy (non-hydrogen) atoms. The lowest BCUT2D eigenvalue weighted by Crippen LogP contribution is -2.24. The van der Waals surface area contributed by atoms with Gasteiger partial charge < -0.3 is 21.1 Å². The van der Waals surface area contributed by atoms with Crippen molar-refractivity contribution in [3.8, 4) is 0 Å². The van der Waals surface area contributed by atoms with E-state index in [1.54, 1.807) is 6.92 Å². The maximum absolute atomic E-state index is 9.50. The first-order chi connectivity index (χ1) is 6.56. The highest BCUT2D eigenvalue weighted by molar-refractivity contribution is 5.20. The van der Waals surface area contributed by atoms with E-state index in [0.717, 1.165) is 0 Å². The van der Waals surface area contributed by atoms with Crippen LogP contribution >= 0.6 is 0 Å². The minimum absolute atomic E-state index is 0.0882. The van der Waals surface area contributed by atoms with Gasteiger partial charge >= 0.3 is 0 Å². The summed E-state index contributed by atoms with van der Waals surface area (Å²) in [5, 5.41) is 34.4. The van der Waals surface area contributed by atoms with Crippen LogP contribution in [0.25, 0.3) is 0 Å². The van der Waals surface area contributed by atoms with Crippen molar-refractivity contribution in [2.45, 2.75) is 19.1 Å². The second-order valence-corrected chi connectivity index (χ2v) is 2.84. The van der Waals surface area contributed by atoms with E-state index in [0.29, 0.717) is 5.69 Å². The number of nitrogens with zero attached hydrogens (tertiary/aromatic N) is 3. The molecule has 0 saturated carbocycles. The quantitative estimate of drug-likeness (QED) is 0.451. The average molecular weight is 200 g/mol. The molecule has 0 radical (unpaired) electrons. The fourth-order valence-corrected chi connectivity index (χ4v) is 0.966. The third-order valence-corrected chi connectivity index (χ3v) is 1.74. The van der Waals surface area contributed by atoms with Gasteiger partial charge in [0.15, 0.2) is 0 Å². The van der Waals surface area contributed by atoms with Gasteiger partial charge in [-0.25, -0.2) is 4.98 Å². The van der Waals surface area contributed by atoms with E-state index >= 15 is 0 Å². The van der Waals surface area contributed by atoms with Crippen LogP contribution in [0.3, 0.4) is 0 Å². The lowest BCUT2D eigenvalue weighted by atomic mass is 10.1. The van der Waals surface area contributed by atoms with Crippen molar-refractivity contribution < 1.29 is 15.3 Å². The van der Waals surface area contributed by atoms with Crippen molar-refractivity contribution >= 4 is 5.95 Å². The Morgan fingerprint density at radius 3 is 2.57 bits per heavy atom. The Bertz CT molecular complexity index is 320. The molecule has 0 amide bonds. The molecule has 1 rings (SSSR count). The highest BCUT2D eigenvalue weighted by atomic mass is 16.4. The van der Waals surface area contributed by atoms with E-state index in [-0.39, 0.29) is 11.6 Å². The minimum atomic E-state index is -1.31. The Kier molecular flexibility index (Phi) is 3.28. The second kappa shape index (κ2) is 4.27. The average Bonchev–Trinajstić information content (AvgIpc) is 2.19. The standard InChI is InChI=1S/C7H12N4O3/c1-3-5(6(14)4(13)2-12)9-7(8)11-10-3/h4,6,12-14H,2H2,1H3,(H2,8,9,11). The van der Waals surface area contributed by atoms with Crippen LogP contribution in [-0.4, -0.2) is 43.2 Å². The van der Waals surface area contributed by atoms with Crippen molar-refractivity contribution in [2.24, 2.45) is 0 Å². The number of aromatic nitrogens is 3. The predicted octanol–water partition coefficient (Wildman–Crippen LogP) is -1.85. The first kappa shape index (κ1) is 10.8. The fourth-order valence-electron chi connectivity index (χ4n) is 0.966. The van der Waals surface area contributed by atoms with Gasteiger partial charge in [-0.15, -0.1) is 5.10 Å². The largest absolute Gasteiger partial charge is 0.394 e. The number of hydrogen-bond acceptors (Lipinski definition) is 7. The molecule has 7 nitrogen and oxygen atoms in total. The van der Waals surface area contributed by atoms with Gasteiger partial charge in [-0.2, -0.15) is 5.10 Å². The zero-order chi connectivity index (χ0) is 10.7. The van der Waals surface area contributed by atoms with Gasteiger partial charge in [0, 0.05) is 0 Å². The molecule has 0 aliphatic heterocycles. The summed E-state index contributed by atoms with van der Waals surface area (Å²) in [6, 6.07) is 0. The van der Waals surface area contributed by atoms with Crippen molar-refractivity contribution in [3.05, 3.63) is 11.4 Å². The van der Waals surface area contributed by atoms with E-state index < -0.39 is 18.8 Å². The second-order valence-electron chi connectivity index (χ2n) is 2.84. The van der Waals surface area contributed by atoms with Crippen molar-refractivity contribution in [1.29, 1.82) is 0 Å². The molecule has 1 heterocycles. The number of aliphatic hydroxyl groups excluding tert-OH is 3. The van der Waals surface area contributed by atoms with Crippen LogP contribution in [0.1, 0.15) is 17.5 Å². The Balaban J connectivity index is 2.99. The van der Waals surface area contributed by atoms with Crippen LogP contribution in [0.15, 0.2) is 0 Å². The monoisotopic (exact) mass is 200 g/mol. The maximum atomic E-state index is 9.50. The Labute approximate surface area is 80.2 Å². The van der Waals surface area contributed by atoms with Crippen molar-refractivity contribution in [2.75, 3.05) is 12.3 Å². The zero-order valence-electron chi connectivity index (χ0n) is 7.62. The first-order valence-corrected chi connectivity index (χ1v) is 4.00. The summed E-state index contributed by atoms with van der Waals surface area (Å²) in [5.74, 6) is -0.0882. The fraction of sp³-hybridized carbons (Fsp3) is 0.571. The third kappa shape index (κ3) is 2.13. The number of aliphatic hydroxyl groups is 3. The highest BCUT2D eigenvalue weighted by Crippen LogP contribution is 2.16. The molecular weight excluding hydrogens is 188 g/mol. The lowest BCUT2D eigenvalue weighted by molar-refractivity contribution is -0.0178. The molecule has 7 heteroatoms. The van der Waals surface area contributed by atoms with Gasteiger partial charge in [-0.3, -0.25) is 0 Å². The SMILES string of the molecule is Cc1nnc(N)nc1C(O)C(O)CO. The van der Waals surface area contributed by atoms with E-state index in [1.165, 1.54) is 0 Å². The number of nitrogens with two attached hydrogens (primary N) is 1. The summed E-state index contributed by atoms with van der Waals surface area (Å²) in [7, 11) is 0. The van der Waals surface area contributed by atoms with Crippen molar-refractivity contribution in [3.63, 3.8) is 0 Å². The summed E-state index contributed by atoms with van der Waals surface area (Å²) in [5.41, 5.74) is 5.75. The Morgan fingerprint density at radius 1 is 1.36 bits per heavy atom. The minimum Gasteiger partial charge on any atom is -0.394 e.